The molecule has 0 aliphatic heterocycles. The van der Waals surface area contributed by atoms with Crippen molar-refractivity contribution in [3.63, 3.8) is 0 Å². The normalized spacial score (nSPS) is 10.1. The number of anilines is 2. The summed E-state index contributed by atoms with van der Waals surface area (Å²) >= 11 is 5.88. The molecule has 2 rings (SSSR count). The molecule has 0 aromatic heterocycles. The maximum atomic E-state index is 11.9. The molecule has 0 aliphatic rings. The van der Waals surface area contributed by atoms with Crippen molar-refractivity contribution in [1.29, 1.82) is 0 Å². The highest BCUT2D eigenvalue weighted by atomic mass is 35.5. The van der Waals surface area contributed by atoms with Crippen molar-refractivity contribution in [2.24, 2.45) is 0 Å². The van der Waals surface area contributed by atoms with Crippen LogP contribution in [0.2, 0.25) is 5.02 Å². The Morgan fingerprint density at radius 2 is 1.85 bits per heavy atom. The fourth-order valence-electron chi connectivity index (χ4n) is 1.85. The van der Waals surface area contributed by atoms with Crippen molar-refractivity contribution in [1.82, 2.24) is 0 Å². The number of hydrogen-bond donors (Lipinski definition) is 2. The molecule has 2 aromatic carbocycles. The fraction of sp³-hybridized carbons (Fsp3) is 0.188. The molecule has 1 amide bonds. The molecule has 4 heteroatoms. The van der Waals surface area contributed by atoms with E-state index in [2.05, 4.69) is 17.6 Å². The van der Waals surface area contributed by atoms with Gasteiger partial charge in [0.15, 0.2) is 0 Å². The van der Waals surface area contributed by atoms with Crippen LogP contribution in [0, 0.1) is 0 Å². The summed E-state index contributed by atoms with van der Waals surface area (Å²) in [5.41, 5.74) is 2.85. The third-order valence-electron chi connectivity index (χ3n) is 2.90. The molecule has 2 N–H and O–H groups in total. The minimum Gasteiger partial charge on any atom is -0.376 e. The van der Waals surface area contributed by atoms with Crippen molar-refractivity contribution in [3.8, 4) is 0 Å². The van der Waals surface area contributed by atoms with Gasteiger partial charge >= 0.3 is 0 Å². The first-order valence-electron chi connectivity index (χ1n) is 6.55. The highest BCUT2D eigenvalue weighted by molar-refractivity contribution is 6.30. The lowest BCUT2D eigenvalue weighted by molar-refractivity contribution is -0.114. The van der Waals surface area contributed by atoms with Crippen LogP contribution in [0.15, 0.2) is 48.5 Å². The third-order valence-corrected chi connectivity index (χ3v) is 3.13. The zero-order valence-electron chi connectivity index (χ0n) is 11.3. The van der Waals surface area contributed by atoms with Crippen LogP contribution in [-0.2, 0) is 11.2 Å². The topological polar surface area (TPSA) is 41.1 Å². The first-order chi connectivity index (χ1) is 9.67. The Balaban J connectivity index is 1.89. The molecule has 0 spiro atoms. The molecule has 0 aliphatic carbocycles. The highest BCUT2D eigenvalue weighted by Gasteiger charge is 2.03. The molecule has 0 heterocycles. The molecule has 2 aromatic rings. The summed E-state index contributed by atoms with van der Waals surface area (Å²) in [7, 11) is 0. The second kappa shape index (κ2) is 6.96. The van der Waals surface area contributed by atoms with Crippen LogP contribution < -0.4 is 10.6 Å². The van der Waals surface area contributed by atoms with Gasteiger partial charge in [-0.3, -0.25) is 4.79 Å². The van der Waals surface area contributed by atoms with E-state index in [4.69, 9.17) is 11.6 Å². The second-order valence-electron chi connectivity index (χ2n) is 4.47. The van der Waals surface area contributed by atoms with Gasteiger partial charge in [0.2, 0.25) is 5.91 Å². The number of carbonyl (C=O) groups is 1. The van der Waals surface area contributed by atoms with Gasteiger partial charge in [0.25, 0.3) is 0 Å². The van der Waals surface area contributed by atoms with Crippen LogP contribution >= 0.6 is 11.6 Å². The van der Waals surface area contributed by atoms with Crippen LogP contribution in [0.3, 0.4) is 0 Å². The number of benzene rings is 2. The van der Waals surface area contributed by atoms with Crippen LogP contribution in [0.4, 0.5) is 11.4 Å². The molecule has 0 atom stereocenters. The van der Waals surface area contributed by atoms with Gasteiger partial charge in [-0.15, -0.1) is 0 Å². The Morgan fingerprint density at radius 1 is 1.10 bits per heavy atom. The Labute approximate surface area is 124 Å². The Bertz CT molecular complexity index is 599. The van der Waals surface area contributed by atoms with Gasteiger partial charge in [0.1, 0.15) is 0 Å². The number of halogens is 1. The van der Waals surface area contributed by atoms with E-state index in [1.54, 1.807) is 12.1 Å². The molecule has 0 radical (unpaired) electrons. The van der Waals surface area contributed by atoms with E-state index in [0.29, 0.717) is 5.02 Å². The molecule has 0 unspecified atom stereocenters. The smallest absolute Gasteiger partial charge is 0.243 e. The summed E-state index contributed by atoms with van der Waals surface area (Å²) in [4.78, 5) is 11.9. The minimum absolute atomic E-state index is 0.0850. The van der Waals surface area contributed by atoms with Gasteiger partial charge in [-0.1, -0.05) is 36.7 Å². The Hall–Kier alpha value is -2.00. The lowest BCUT2D eigenvalue weighted by Gasteiger charge is -2.09. The zero-order valence-corrected chi connectivity index (χ0v) is 12.1. The number of hydrogen-bond acceptors (Lipinski definition) is 2. The van der Waals surface area contributed by atoms with Crippen LogP contribution in [0.5, 0.6) is 0 Å². The molecule has 3 nitrogen and oxygen atoms in total. The summed E-state index contributed by atoms with van der Waals surface area (Å²) in [6.07, 6.45) is 0.949. The summed E-state index contributed by atoms with van der Waals surface area (Å²) in [5.74, 6) is -0.0850. The summed E-state index contributed by atoms with van der Waals surface area (Å²) in [5, 5.41) is 6.55. The Kier molecular flexibility index (Phi) is 5.02. The van der Waals surface area contributed by atoms with E-state index >= 15 is 0 Å². The van der Waals surface area contributed by atoms with Crippen molar-refractivity contribution >= 4 is 28.9 Å². The molecule has 20 heavy (non-hydrogen) atoms. The second-order valence-corrected chi connectivity index (χ2v) is 4.90. The maximum Gasteiger partial charge on any atom is 0.243 e. The molecular formula is C16H17ClN2O. The summed E-state index contributed by atoms with van der Waals surface area (Å²) in [6.45, 7) is 2.29. The van der Waals surface area contributed by atoms with Gasteiger partial charge in [-0.25, -0.2) is 0 Å². The standard InChI is InChI=1S/C16H17ClN2O/c1-2-12-5-3-8-15(9-12)19-16(20)11-18-14-7-4-6-13(17)10-14/h3-10,18H,2,11H2,1H3,(H,19,20). The lowest BCUT2D eigenvalue weighted by Crippen LogP contribution is -2.21. The van der Waals surface area contributed by atoms with Crippen molar-refractivity contribution < 1.29 is 4.79 Å². The van der Waals surface area contributed by atoms with Gasteiger partial charge in [-0.2, -0.15) is 0 Å². The number of nitrogens with one attached hydrogen (secondary N) is 2. The Morgan fingerprint density at radius 3 is 2.60 bits per heavy atom. The van der Waals surface area contributed by atoms with E-state index in [1.807, 2.05) is 36.4 Å². The lowest BCUT2D eigenvalue weighted by atomic mass is 10.1. The van der Waals surface area contributed by atoms with Crippen molar-refractivity contribution in [2.45, 2.75) is 13.3 Å². The summed E-state index contributed by atoms with van der Waals surface area (Å²) in [6, 6.07) is 15.1. The largest absolute Gasteiger partial charge is 0.376 e. The van der Waals surface area contributed by atoms with Crippen LogP contribution in [-0.4, -0.2) is 12.5 Å². The van der Waals surface area contributed by atoms with E-state index < -0.39 is 0 Å². The molecule has 0 fully saturated rings. The predicted molar refractivity (Wildman–Crippen MR) is 84.4 cm³/mol. The zero-order chi connectivity index (χ0) is 14.4. The quantitative estimate of drug-likeness (QED) is 0.874. The van der Waals surface area contributed by atoms with Crippen molar-refractivity contribution in [2.75, 3.05) is 17.2 Å². The average molecular weight is 289 g/mol. The van der Waals surface area contributed by atoms with E-state index in [1.165, 1.54) is 5.56 Å². The highest BCUT2D eigenvalue weighted by Crippen LogP contribution is 2.15. The summed E-state index contributed by atoms with van der Waals surface area (Å²) < 4.78 is 0. The molecule has 0 saturated carbocycles. The number of carbonyl (C=O) groups excluding carboxylic acids is 1. The van der Waals surface area contributed by atoms with E-state index in [0.717, 1.165) is 17.8 Å². The number of aryl methyl sites for hydroxylation is 1. The first kappa shape index (κ1) is 14.4. The minimum atomic E-state index is -0.0850. The van der Waals surface area contributed by atoms with Gasteiger partial charge in [0, 0.05) is 16.4 Å². The number of amides is 1. The monoisotopic (exact) mass is 288 g/mol. The SMILES string of the molecule is CCc1cccc(NC(=O)CNc2cccc(Cl)c2)c1. The van der Waals surface area contributed by atoms with Crippen molar-refractivity contribution in [3.05, 3.63) is 59.1 Å². The molecule has 0 saturated heterocycles. The molecule has 0 bridgehead atoms. The first-order valence-corrected chi connectivity index (χ1v) is 6.93. The van der Waals surface area contributed by atoms with E-state index in [-0.39, 0.29) is 12.5 Å². The van der Waals surface area contributed by atoms with Gasteiger partial charge in [-0.05, 0) is 42.3 Å². The maximum absolute atomic E-state index is 11.9. The fourth-order valence-corrected chi connectivity index (χ4v) is 2.05. The van der Waals surface area contributed by atoms with Crippen LogP contribution in [0.25, 0.3) is 0 Å². The number of rotatable bonds is 5. The van der Waals surface area contributed by atoms with E-state index in [9.17, 15) is 4.79 Å². The van der Waals surface area contributed by atoms with Crippen LogP contribution in [0.1, 0.15) is 12.5 Å². The van der Waals surface area contributed by atoms with Gasteiger partial charge in [0.05, 0.1) is 6.54 Å². The predicted octanol–water partition coefficient (Wildman–Crippen LogP) is 3.95. The molecular weight excluding hydrogens is 272 g/mol. The average Bonchev–Trinajstić information content (AvgIpc) is 2.45. The molecule has 104 valence electrons. The third kappa shape index (κ3) is 4.28. The van der Waals surface area contributed by atoms with Gasteiger partial charge < -0.3 is 10.6 Å².